The van der Waals surface area contributed by atoms with Crippen LogP contribution in [0, 0.1) is 5.92 Å². The van der Waals surface area contributed by atoms with Crippen molar-refractivity contribution in [2.45, 2.75) is 19.8 Å². The minimum atomic E-state index is -0.350. The summed E-state index contributed by atoms with van der Waals surface area (Å²) in [6.45, 7) is 4.03. The molecule has 21 heavy (non-hydrogen) atoms. The molecular weight excluding hydrogens is 260 g/mol. The average Bonchev–Trinajstić information content (AvgIpc) is 2.49. The monoisotopic (exact) mass is 280 g/mol. The van der Waals surface area contributed by atoms with E-state index in [-0.39, 0.29) is 11.8 Å². The molecule has 0 bridgehead atoms. The molecule has 0 fully saturated rings. The lowest BCUT2D eigenvalue weighted by atomic mass is 9.91. The highest BCUT2D eigenvalue weighted by atomic mass is 16.2. The molecule has 0 heterocycles. The molecule has 0 aliphatic carbocycles. The van der Waals surface area contributed by atoms with Gasteiger partial charge in [0.2, 0.25) is 0 Å². The van der Waals surface area contributed by atoms with Crippen LogP contribution in [0.15, 0.2) is 65.8 Å². The Morgan fingerprint density at radius 1 is 0.952 bits per heavy atom. The Labute approximate surface area is 125 Å². The molecule has 0 aliphatic heterocycles. The van der Waals surface area contributed by atoms with Gasteiger partial charge in [-0.2, -0.15) is 5.10 Å². The Bertz CT molecular complexity index is 552. The fourth-order valence-electron chi connectivity index (χ4n) is 2.10. The fraction of sp³-hybridized carbons (Fsp3) is 0.222. The van der Waals surface area contributed by atoms with Gasteiger partial charge in [-0.1, -0.05) is 74.5 Å². The van der Waals surface area contributed by atoms with Gasteiger partial charge < -0.3 is 0 Å². The zero-order valence-corrected chi connectivity index (χ0v) is 12.4. The van der Waals surface area contributed by atoms with E-state index in [0.29, 0.717) is 5.92 Å². The van der Waals surface area contributed by atoms with Crippen molar-refractivity contribution in [1.82, 2.24) is 5.43 Å². The molecule has 0 radical (unpaired) electrons. The molecule has 2 rings (SSSR count). The highest BCUT2D eigenvalue weighted by Gasteiger charge is 2.21. The zero-order chi connectivity index (χ0) is 15.1. The van der Waals surface area contributed by atoms with Gasteiger partial charge in [0.15, 0.2) is 0 Å². The number of benzene rings is 2. The van der Waals surface area contributed by atoms with Crippen LogP contribution >= 0.6 is 0 Å². The molecule has 0 saturated carbocycles. The Balaban J connectivity index is 2.27. The summed E-state index contributed by atoms with van der Waals surface area (Å²) in [5.74, 6) is -0.168. The number of amides is 1. The van der Waals surface area contributed by atoms with E-state index in [1.54, 1.807) is 6.21 Å². The standard InChI is InChI=1S/C18H20N2O/c1-14(2)13-19-20-18(21)17(15-9-5-3-6-10-15)16-11-7-4-8-12-16/h3-14,17H,1-2H3,(H,20,21)/b19-13+. The van der Waals surface area contributed by atoms with Gasteiger partial charge in [-0.05, 0) is 17.0 Å². The van der Waals surface area contributed by atoms with E-state index in [2.05, 4.69) is 10.5 Å². The van der Waals surface area contributed by atoms with E-state index in [9.17, 15) is 4.79 Å². The summed E-state index contributed by atoms with van der Waals surface area (Å²) in [4.78, 5) is 12.5. The van der Waals surface area contributed by atoms with Gasteiger partial charge in [0, 0.05) is 6.21 Å². The largest absolute Gasteiger partial charge is 0.272 e. The summed E-state index contributed by atoms with van der Waals surface area (Å²) >= 11 is 0. The molecule has 0 unspecified atom stereocenters. The second-order valence-electron chi connectivity index (χ2n) is 5.25. The first kappa shape index (κ1) is 15.0. The molecule has 1 N–H and O–H groups in total. The maximum atomic E-state index is 12.5. The van der Waals surface area contributed by atoms with Crippen LogP contribution in [-0.4, -0.2) is 12.1 Å². The SMILES string of the molecule is CC(C)/C=N/NC(=O)C(c1ccccc1)c1ccccc1. The van der Waals surface area contributed by atoms with Gasteiger partial charge >= 0.3 is 0 Å². The minimum absolute atomic E-state index is 0.121. The smallest absolute Gasteiger partial charge is 0.252 e. The first-order valence-electron chi connectivity index (χ1n) is 7.11. The van der Waals surface area contributed by atoms with E-state index in [0.717, 1.165) is 11.1 Å². The van der Waals surface area contributed by atoms with Gasteiger partial charge in [-0.3, -0.25) is 4.79 Å². The molecule has 3 heteroatoms. The molecule has 2 aromatic carbocycles. The van der Waals surface area contributed by atoms with Crippen molar-refractivity contribution >= 4 is 12.1 Å². The quantitative estimate of drug-likeness (QED) is 0.660. The molecule has 2 aromatic rings. The number of carbonyl (C=O) groups excluding carboxylic acids is 1. The summed E-state index contributed by atoms with van der Waals surface area (Å²) in [7, 11) is 0. The molecule has 0 aromatic heterocycles. The van der Waals surface area contributed by atoms with Gasteiger partial charge in [0.1, 0.15) is 0 Å². The minimum Gasteiger partial charge on any atom is -0.272 e. The van der Waals surface area contributed by atoms with Crippen LogP contribution in [0.2, 0.25) is 0 Å². The summed E-state index contributed by atoms with van der Waals surface area (Å²) in [5, 5.41) is 4.02. The lowest BCUT2D eigenvalue weighted by Crippen LogP contribution is -2.26. The number of carbonyl (C=O) groups is 1. The van der Waals surface area contributed by atoms with E-state index >= 15 is 0 Å². The summed E-state index contributed by atoms with van der Waals surface area (Å²) < 4.78 is 0. The topological polar surface area (TPSA) is 41.5 Å². The van der Waals surface area contributed by atoms with Crippen molar-refractivity contribution in [1.29, 1.82) is 0 Å². The number of nitrogens with zero attached hydrogens (tertiary/aromatic N) is 1. The number of nitrogens with one attached hydrogen (secondary N) is 1. The Kier molecular flexibility index (Phi) is 5.27. The van der Waals surface area contributed by atoms with Crippen LogP contribution in [0.1, 0.15) is 30.9 Å². The van der Waals surface area contributed by atoms with Gasteiger partial charge in [0.25, 0.3) is 5.91 Å². The Hall–Kier alpha value is -2.42. The average molecular weight is 280 g/mol. The third-order valence-corrected chi connectivity index (χ3v) is 3.08. The van der Waals surface area contributed by atoms with Crippen molar-refractivity contribution in [3.63, 3.8) is 0 Å². The number of hydrogen-bond donors (Lipinski definition) is 1. The molecule has 0 atom stereocenters. The van der Waals surface area contributed by atoms with Gasteiger partial charge in [0.05, 0.1) is 5.92 Å². The molecular formula is C18H20N2O. The Morgan fingerprint density at radius 3 is 1.86 bits per heavy atom. The first-order valence-corrected chi connectivity index (χ1v) is 7.11. The van der Waals surface area contributed by atoms with E-state index in [4.69, 9.17) is 0 Å². The fourth-order valence-corrected chi connectivity index (χ4v) is 2.10. The summed E-state index contributed by atoms with van der Waals surface area (Å²) in [5.41, 5.74) is 4.56. The van der Waals surface area contributed by atoms with Crippen LogP contribution in [0.25, 0.3) is 0 Å². The van der Waals surface area contributed by atoms with Crippen LogP contribution < -0.4 is 5.43 Å². The van der Waals surface area contributed by atoms with Crippen molar-refractivity contribution < 1.29 is 4.79 Å². The van der Waals surface area contributed by atoms with E-state index in [1.165, 1.54) is 0 Å². The van der Waals surface area contributed by atoms with E-state index in [1.807, 2.05) is 74.5 Å². The number of hydrogen-bond acceptors (Lipinski definition) is 2. The highest BCUT2D eigenvalue weighted by Crippen LogP contribution is 2.24. The predicted octanol–water partition coefficient (Wildman–Crippen LogP) is 3.58. The molecule has 0 saturated heterocycles. The third kappa shape index (κ3) is 4.28. The third-order valence-electron chi connectivity index (χ3n) is 3.08. The van der Waals surface area contributed by atoms with Gasteiger partial charge in [-0.25, -0.2) is 5.43 Å². The highest BCUT2D eigenvalue weighted by molar-refractivity contribution is 5.87. The van der Waals surface area contributed by atoms with Crippen molar-refractivity contribution in [2.75, 3.05) is 0 Å². The lowest BCUT2D eigenvalue weighted by Gasteiger charge is -2.16. The maximum absolute atomic E-state index is 12.5. The van der Waals surface area contributed by atoms with Crippen molar-refractivity contribution in [2.24, 2.45) is 11.0 Å². The first-order chi connectivity index (χ1) is 10.2. The van der Waals surface area contributed by atoms with Crippen LogP contribution in [0.4, 0.5) is 0 Å². The molecule has 1 amide bonds. The van der Waals surface area contributed by atoms with Crippen LogP contribution in [0.3, 0.4) is 0 Å². The molecule has 0 spiro atoms. The second-order valence-corrected chi connectivity index (χ2v) is 5.25. The van der Waals surface area contributed by atoms with E-state index < -0.39 is 0 Å². The molecule has 0 aliphatic rings. The lowest BCUT2D eigenvalue weighted by molar-refractivity contribution is -0.121. The maximum Gasteiger partial charge on any atom is 0.252 e. The normalized spacial score (nSPS) is 11.2. The van der Waals surface area contributed by atoms with Crippen molar-refractivity contribution in [3.8, 4) is 0 Å². The predicted molar refractivity (Wildman–Crippen MR) is 86.2 cm³/mol. The number of hydrazone groups is 1. The summed E-state index contributed by atoms with van der Waals surface area (Å²) in [6, 6.07) is 19.5. The molecule has 3 nitrogen and oxygen atoms in total. The zero-order valence-electron chi connectivity index (χ0n) is 12.4. The summed E-state index contributed by atoms with van der Waals surface area (Å²) in [6.07, 6.45) is 1.73. The van der Waals surface area contributed by atoms with Crippen LogP contribution in [-0.2, 0) is 4.79 Å². The molecule has 108 valence electrons. The number of rotatable bonds is 5. The second kappa shape index (κ2) is 7.39. The van der Waals surface area contributed by atoms with Gasteiger partial charge in [-0.15, -0.1) is 0 Å². The van der Waals surface area contributed by atoms with Crippen molar-refractivity contribution in [3.05, 3.63) is 71.8 Å². The van der Waals surface area contributed by atoms with Crippen LogP contribution in [0.5, 0.6) is 0 Å². The Morgan fingerprint density at radius 2 is 1.43 bits per heavy atom.